The van der Waals surface area contributed by atoms with Gasteiger partial charge < -0.3 is 4.57 Å². The molecule has 8 nitrogen and oxygen atoms in total. The molecule has 1 N–H and O–H groups in total. The fourth-order valence-electron chi connectivity index (χ4n) is 3.12. The molecule has 0 saturated carbocycles. The predicted octanol–water partition coefficient (Wildman–Crippen LogP) is 3.63. The average Bonchev–Trinajstić information content (AvgIpc) is 3.19. The number of nitrogens with one attached hydrogen (secondary N) is 1. The summed E-state index contributed by atoms with van der Waals surface area (Å²) >= 11 is 6.32. The van der Waals surface area contributed by atoms with Gasteiger partial charge in [0.2, 0.25) is 0 Å². The number of nitro benzene ring substituents is 1. The normalized spacial score (nSPS) is 15.2. The van der Waals surface area contributed by atoms with Gasteiger partial charge in [-0.1, -0.05) is 36.0 Å². The van der Waals surface area contributed by atoms with Gasteiger partial charge in [0, 0.05) is 47.4 Å². The van der Waals surface area contributed by atoms with Crippen molar-refractivity contribution < 1.29 is 14.5 Å². The summed E-state index contributed by atoms with van der Waals surface area (Å²) in [6.45, 7) is 0. The summed E-state index contributed by atoms with van der Waals surface area (Å²) < 4.78 is 2.14. The number of hydrogen-bond donors (Lipinski definition) is 1. The number of carbonyl (C=O) groups is 2. The zero-order chi connectivity index (χ0) is 21.4. The highest BCUT2D eigenvalue weighted by molar-refractivity contribution is 8.26. The van der Waals surface area contributed by atoms with E-state index in [1.165, 1.54) is 18.2 Å². The molecule has 1 aromatic heterocycles. The van der Waals surface area contributed by atoms with Gasteiger partial charge in [-0.2, -0.15) is 5.01 Å². The zero-order valence-corrected chi connectivity index (χ0v) is 17.2. The van der Waals surface area contributed by atoms with E-state index in [9.17, 15) is 19.7 Å². The van der Waals surface area contributed by atoms with Crippen LogP contribution in [0, 0.1) is 10.1 Å². The number of hydrazine groups is 1. The number of thiocarbonyl (C=S) groups is 1. The molecule has 4 rings (SSSR count). The van der Waals surface area contributed by atoms with Crippen LogP contribution in [0.3, 0.4) is 0 Å². The minimum Gasteiger partial charge on any atom is -0.350 e. The van der Waals surface area contributed by atoms with E-state index in [1.54, 1.807) is 6.08 Å². The molecule has 150 valence electrons. The Morgan fingerprint density at radius 2 is 2.00 bits per heavy atom. The number of hydrogen-bond acceptors (Lipinski definition) is 6. The second-order valence-electron chi connectivity index (χ2n) is 6.48. The Bertz CT molecular complexity index is 1260. The molecule has 0 unspecified atom stereocenters. The van der Waals surface area contributed by atoms with Gasteiger partial charge in [-0.15, -0.1) is 0 Å². The number of aromatic nitrogens is 1. The van der Waals surface area contributed by atoms with Gasteiger partial charge in [-0.05, 0) is 30.4 Å². The maximum absolute atomic E-state index is 12.8. The van der Waals surface area contributed by atoms with Crippen molar-refractivity contribution in [3.8, 4) is 0 Å². The topological polar surface area (TPSA) is 97.5 Å². The molecule has 2 aromatic carbocycles. The lowest BCUT2D eigenvalue weighted by molar-refractivity contribution is -0.384. The Morgan fingerprint density at radius 1 is 1.23 bits per heavy atom. The first-order chi connectivity index (χ1) is 14.3. The van der Waals surface area contributed by atoms with Crippen molar-refractivity contribution in [1.29, 1.82) is 0 Å². The van der Waals surface area contributed by atoms with E-state index < -0.39 is 16.7 Å². The highest BCUT2D eigenvalue weighted by atomic mass is 32.2. The maximum Gasteiger partial charge on any atom is 0.285 e. The van der Waals surface area contributed by atoms with Gasteiger partial charge in [0.25, 0.3) is 17.5 Å². The maximum atomic E-state index is 12.8. The van der Waals surface area contributed by atoms with Crippen molar-refractivity contribution in [3.05, 3.63) is 80.9 Å². The number of rotatable bonds is 4. The fourth-order valence-corrected chi connectivity index (χ4v) is 4.29. The van der Waals surface area contributed by atoms with Crippen LogP contribution >= 0.6 is 24.0 Å². The van der Waals surface area contributed by atoms with Gasteiger partial charge in [-0.3, -0.25) is 25.1 Å². The lowest BCUT2D eigenvalue weighted by atomic mass is 10.1. The molecule has 2 heterocycles. The van der Waals surface area contributed by atoms with E-state index in [0.717, 1.165) is 39.3 Å². The van der Waals surface area contributed by atoms with Crippen molar-refractivity contribution in [1.82, 2.24) is 15.0 Å². The number of aryl methyl sites for hydroxylation is 1. The van der Waals surface area contributed by atoms with E-state index in [1.807, 2.05) is 42.1 Å². The Balaban J connectivity index is 1.58. The third-order valence-electron chi connectivity index (χ3n) is 4.54. The number of non-ortho nitro benzene ring substituents is 1. The molecule has 0 radical (unpaired) electrons. The van der Waals surface area contributed by atoms with E-state index >= 15 is 0 Å². The first-order valence-electron chi connectivity index (χ1n) is 8.72. The van der Waals surface area contributed by atoms with E-state index in [4.69, 9.17) is 12.2 Å². The van der Waals surface area contributed by atoms with Gasteiger partial charge in [0.15, 0.2) is 4.32 Å². The summed E-state index contributed by atoms with van der Waals surface area (Å²) in [5, 5.41) is 12.9. The molecular weight excluding hydrogens is 424 g/mol. The number of carbonyl (C=O) groups excluding carboxylic acids is 2. The van der Waals surface area contributed by atoms with Crippen LogP contribution < -0.4 is 5.43 Å². The van der Waals surface area contributed by atoms with E-state index in [2.05, 4.69) is 5.43 Å². The first kappa shape index (κ1) is 19.8. The number of para-hydroxylation sites is 1. The molecule has 0 spiro atoms. The summed E-state index contributed by atoms with van der Waals surface area (Å²) in [4.78, 5) is 36.0. The molecule has 1 aliphatic heterocycles. The summed E-state index contributed by atoms with van der Waals surface area (Å²) in [6.07, 6.45) is 3.65. The molecule has 10 heteroatoms. The Labute approximate surface area is 180 Å². The van der Waals surface area contributed by atoms with Crippen molar-refractivity contribution >= 4 is 62.8 Å². The van der Waals surface area contributed by atoms with Crippen LogP contribution in [-0.4, -0.2) is 30.6 Å². The van der Waals surface area contributed by atoms with Crippen LogP contribution in [0.1, 0.15) is 15.9 Å². The average molecular weight is 438 g/mol. The predicted molar refractivity (Wildman–Crippen MR) is 118 cm³/mol. The SMILES string of the molecule is Cn1cc(/C=C2\SC(=S)N(NC(=O)c3cccc([N+](=O)[O-])c3)C2=O)c2ccccc21. The second kappa shape index (κ2) is 7.73. The lowest BCUT2D eigenvalue weighted by Crippen LogP contribution is -2.44. The standard InChI is InChI=1S/C20H14N4O4S2/c1-22-11-13(15-7-2-3-8-16(15)22)10-17-19(26)23(20(29)30-17)21-18(25)12-5-4-6-14(9-12)24(27)28/h2-11H,1H3,(H,21,25)/b17-10-. The highest BCUT2D eigenvalue weighted by Crippen LogP contribution is 2.33. The second-order valence-corrected chi connectivity index (χ2v) is 8.15. The summed E-state index contributed by atoms with van der Waals surface area (Å²) in [5.74, 6) is -1.13. The van der Waals surface area contributed by atoms with Crippen molar-refractivity contribution in [3.63, 3.8) is 0 Å². The fraction of sp³-hybridized carbons (Fsp3) is 0.0500. The molecule has 30 heavy (non-hydrogen) atoms. The van der Waals surface area contributed by atoms with Crippen molar-refractivity contribution in [2.75, 3.05) is 0 Å². The number of fused-ring (bicyclic) bond motifs is 1. The number of thioether (sulfide) groups is 1. The Morgan fingerprint density at radius 3 is 2.77 bits per heavy atom. The minimum absolute atomic E-state index is 0.0521. The zero-order valence-electron chi connectivity index (χ0n) is 15.6. The summed E-state index contributed by atoms with van der Waals surface area (Å²) in [7, 11) is 1.92. The Hall–Kier alpha value is -3.50. The monoisotopic (exact) mass is 438 g/mol. The van der Waals surface area contributed by atoms with E-state index in [-0.39, 0.29) is 15.6 Å². The van der Waals surface area contributed by atoms with Gasteiger partial charge >= 0.3 is 0 Å². The molecule has 0 aliphatic carbocycles. The van der Waals surface area contributed by atoms with Crippen LogP contribution in [-0.2, 0) is 11.8 Å². The first-order valence-corrected chi connectivity index (χ1v) is 9.95. The van der Waals surface area contributed by atoms with Gasteiger partial charge in [0.05, 0.1) is 9.83 Å². The molecule has 1 fully saturated rings. The van der Waals surface area contributed by atoms with Crippen LogP contribution in [0.15, 0.2) is 59.6 Å². The van der Waals surface area contributed by atoms with Crippen LogP contribution in [0.2, 0.25) is 0 Å². The number of nitro groups is 1. The smallest absolute Gasteiger partial charge is 0.285 e. The van der Waals surface area contributed by atoms with Crippen molar-refractivity contribution in [2.24, 2.45) is 7.05 Å². The molecule has 1 saturated heterocycles. The van der Waals surface area contributed by atoms with Gasteiger partial charge in [-0.25, -0.2) is 0 Å². The number of amides is 2. The lowest BCUT2D eigenvalue weighted by Gasteiger charge is -2.15. The summed E-state index contributed by atoms with van der Waals surface area (Å²) in [5.41, 5.74) is 4.15. The largest absolute Gasteiger partial charge is 0.350 e. The Kier molecular flexibility index (Phi) is 5.10. The van der Waals surface area contributed by atoms with E-state index in [0.29, 0.717) is 4.91 Å². The van der Waals surface area contributed by atoms with Crippen LogP contribution in [0.4, 0.5) is 5.69 Å². The summed E-state index contributed by atoms with van der Waals surface area (Å²) in [6, 6.07) is 13.0. The number of benzene rings is 2. The molecule has 1 aliphatic rings. The quantitative estimate of drug-likeness (QED) is 0.289. The molecule has 0 bridgehead atoms. The third kappa shape index (κ3) is 3.58. The minimum atomic E-state index is -0.665. The molecule has 0 atom stereocenters. The molecular formula is C20H14N4O4S2. The molecule has 3 aromatic rings. The van der Waals surface area contributed by atoms with Crippen molar-refractivity contribution in [2.45, 2.75) is 0 Å². The van der Waals surface area contributed by atoms with Crippen LogP contribution in [0.5, 0.6) is 0 Å². The van der Waals surface area contributed by atoms with Crippen LogP contribution in [0.25, 0.3) is 17.0 Å². The molecule has 2 amide bonds. The number of nitrogens with zero attached hydrogens (tertiary/aromatic N) is 3. The third-order valence-corrected chi connectivity index (χ3v) is 5.84. The highest BCUT2D eigenvalue weighted by Gasteiger charge is 2.34. The van der Waals surface area contributed by atoms with Gasteiger partial charge in [0.1, 0.15) is 0 Å².